The van der Waals surface area contributed by atoms with Gasteiger partial charge in [-0.15, -0.1) is 0 Å². The highest BCUT2D eigenvalue weighted by Gasteiger charge is 2.34. The van der Waals surface area contributed by atoms with E-state index < -0.39 is 0 Å². The number of halogens is 1. The Balaban J connectivity index is 0.00000625. The van der Waals surface area contributed by atoms with Crippen molar-refractivity contribution in [2.45, 2.75) is 136 Å². The van der Waals surface area contributed by atoms with Gasteiger partial charge in [0.25, 0.3) is 0 Å². The van der Waals surface area contributed by atoms with Crippen molar-refractivity contribution in [1.82, 2.24) is 0 Å². The van der Waals surface area contributed by atoms with E-state index in [4.69, 9.17) is 0 Å². The molecule has 0 unspecified atom stereocenters. The molecule has 0 N–H and O–H groups in total. The minimum absolute atomic E-state index is 0. The fraction of sp³-hybridized carbons (Fsp3) is 1.00. The van der Waals surface area contributed by atoms with Gasteiger partial charge >= 0.3 is 0 Å². The smallest absolute Gasteiger partial charge is 0.0890 e. The molecule has 1 rings (SSSR count). The van der Waals surface area contributed by atoms with Gasteiger partial charge in [0.2, 0.25) is 0 Å². The van der Waals surface area contributed by atoms with E-state index in [0.717, 1.165) is 6.04 Å². The van der Waals surface area contributed by atoms with Crippen molar-refractivity contribution in [3.05, 3.63) is 0 Å². The normalized spacial score (nSPS) is 15.8. The monoisotopic (exact) mass is 387 g/mol. The maximum Gasteiger partial charge on any atom is 0.0890 e. The van der Waals surface area contributed by atoms with Crippen LogP contribution in [0.3, 0.4) is 0 Å². The molecule has 0 saturated heterocycles. The van der Waals surface area contributed by atoms with Crippen molar-refractivity contribution in [2.75, 3.05) is 19.6 Å². The highest BCUT2D eigenvalue weighted by Crippen LogP contribution is 2.29. The lowest BCUT2D eigenvalue weighted by atomic mass is 9.91. The van der Waals surface area contributed by atoms with Crippen LogP contribution in [-0.4, -0.2) is 30.2 Å². The molecule has 0 radical (unpaired) electrons. The maximum atomic E-state index is 2.44. The summed E-state index contributed by atoms with van der Waals surface area (Å²) in [5, 5.41) is 0. The summed E-state index contributed by atoms with van der Waals surface area (Å²) in [6, 6.07) is 0.983. The molecule has 1 fully saturated rings. The molecule has 0 heterocycles. The molecule has 1 aliphatic carbocycles. The van der Waals surface area contributed by atoms with Gasteiger partial charge in [0.15, 0.2) is 0 Å². The van der Waals surface area contributed by atoms with Crippen LogP contribution in [-0.2, 0) is 0 Å². The van der Waals surface area contributed by atoms with Crippen molar-refractivity contribution < 1.29 is 16.9 Å². The quantitative estimate of drug-likeness (QED) is 0.261. The topological polar surface area (TPSA) is 0 Å². The van der Waals surface area contributed by atoms with E-state index in [1.165, 1.54) is 133 Å². The average molecular weight is 388 g/mol. The van der Waals surface area contributed by atoms with Crippen LogP contribution < -0.4 is 12.4 Å². The van der Waals surface area contributed by atoms with Crippen LogP contribution in [0, 0.1) is 0 Å². The highest BCUT2D eigenvalue weighted by atomic mass is 35.5. The molecule has 1 nitrogen and oxygen atoms in total. The predicted octanol–water partition coefficient (Wildman–Crippen LogP) is 4.88. The fourth-order valence-electron chi connectivity index (χ4n) is 5.14. The molecule has 0 aliphatic heterocycles. The predicted molar refractivity (Wildman–Crippen MR) is 114 cm³/mol. The van der Waals surface area contributed by atoms with Gasteiger partial charge in [-0.1, -0.05) is 77.6 Å². The van der Waals surface area contributed by atoms with E-state index in [1.54, 1.807) is 0 Å². The van der Waals surface area contributed by atoms with Gasteiger partial charge in [-0.05, 0) is 52.4 Å². The van der Waals surface area contributed by atoms with E-state index >= 15 is 0 Å². The first-order valence-corrected chi connectivity index (χ1v) is 12.1. The molecule has 26 heavy (non-hydrogen) atoms. The summed E-state index contributed by atoms with van der Waals surface area (Å²) >= 11 is 0. The van der Waals surface area contributed by atoms with Gasteiger partial charge in [-0.3, -0.25) is 0 Å². The van der Waals surface area contributed by atoms with E-state index in [1.807, 2.05) is 0 Å². The highest BCUT2D eigenvalue weighted by molar-refractivity contribution is 4.67. The molecule has 0 atom stereocenters. The number of nitrogens with zero attached hydrogens (tertiary/aromatic N) is 1. The second-order valence-corrected chi connectivity index (χ2v) is 8.76. The van der Waals surface area contributed by atoms with Gasteiger partial charge in [0.1, 0.15) is 0 Å². The molecule has 0 amide bonds. The molecule has 0 aromatic carbocycles. The Morgan fingerprint density at radius 2 is 1.00 bits per heavy atom. The van der Waals surface area contributed by atoms with Crippen molar-refractivity contribution in [3.8, 4) is 0 Å². The summed E-state index contributed by atoms with van der Waals surface area (Å²) in [6.07, 6.45) is 25.1. The third-order valence-corrected chi connectivity index (χ3v) is 7.07. The molecule has 0 aromatic heterocycles. The summed E-state index contributed by atoms with van der Waals surface area (Å²) in [5.41, 5.74) is 0. The Morgan fingerprint density at radius 1 is 0.577 bits per heavy atom. The Hall–Kier alpha value is 0.250. The zero-order valence-electron chi connectivity index (χ0n) is 18.5. The minimum Gasteiger partial charge on any atom is -1.00 e. The molecular formula is C24H50ClN. The maximum absolute atomic E-state index is 2.44. The molecule has 158 valence electrons. The first-order valence-electron chi connectivity index (χ1n) is 12.1. The Kier molecular flexibility index (Phi) is 17.5. The van der Waals surface area contributed by atoms with Crippen LogP contribution in [0.4, 0.5) is 0 Å². The molecular weight excluding hydrogens is 338 g/mol. The van der Waals surface area contributed by atoms with Crippen molar-refractivity contribution in [3.63, 3.8) is 0 Å². The molecule has 0 bridgehead atoms. The second kappa shape index (κ2) is 17.4. The number of quaternary nitrogens is 1. The Morgan fingerprint density at radius 3 is 1.42 bits per heavy atom. The SMILES string of the molecule is CCCCCCCCCCCCCC[N+](CC)(CC)C1CCCCC1.[Cl-]. The van der Waals surface area contributed by atoms with Crippen molar-refractivity contribution in [1.29, 1.82) is 0 Å². The van der Waals surface area contributed by atoms with Crippen LogP contribution in [0.5, 0.6) is 0 Å². The Bertz CT molecular complexity index is 282. The molecule has 2 heteroatoms. The van der Waals surface area contributed by atoms with Gasteiger partial charge in [-0.2, -0.15) is 0 Å². The summed E-state index contributed by atoms with van der Waals surface area (Å²) in [5.74, 6) is 0. The second-order valence-electron chi connectivity index (χ2n) is 8.76. The summed E-state index contributed by atoms with van der Waals surface area (Å²) < 4.78 is 1.43. The van der Waals surface area contributed by atoms with Gasteiger partial charge in [0, 0.05) is 0 Å². The summed E-state index contributed by atoms with van der Waals surface area (Å²) in [7, 11) is 0. The molecule has 0 spiro atoms. The van der Waals surface area contributed by atoms with E-state index in [2.05, 4.69) is 20.8 Å². The van der Waals surface area contributed by atoms with Gasteiger partial charge in [-0.25, -0.2) is 0 Å². The first-order chi connectivity index (χ1) is 12.3. The molecule has 1 aliphatic rings. The van der Waals surface area contributed by atoms with Crippen molar-refractivity contribution >= 4 is 0 Å². The van der Waals surface area contributed by atoms with Crippen LogP contribution >= 0.6 is 0 Å². The number of hydrogen-bond acceptors (Lipinski definition) is 0. The first kappa shape index (κ1) is 26.2. The largest absolute Gasteiger partial charge is 1.00 e. The standard InChI is InChI=1S/C24H50N.ClH/c1-4-7-8-9-10-11-12-13-14-15-16-20-23-25(5-2,6-3)24-21-18-17-19-22-24;/h24H,4-23H2,1-3H3;1H/q+1;/p-1. The Labute approximate surface area is 172 Å². The van der Waals surface area contributed by atoms with E-state index in [9.17, 15) is 0 Å². The number of unbranched alkanes of at least 4 members (excludes halogenated alkanes) is 11. The van der Waals surface area contributed by atoms with Crippen molar-refractivity contribution in [2.24, 2.45) is 0 Å². The van der Waals surface area contributed by atoms with Gasteiger partial charge in [0.05, 0.1) is 25.7 Å². The lowest BCUT2D eigenvalue weighted by Gasteiger charge is -2.45. The number of hydrogen-bond donors (Lipinski definition) is 0. The average Bonchev–Trinajstić information content (AvgIpc) is 2.67. The lowest BCUT2D eigenvalue weighted by Crippen LogP contribution is -3.00. The zero-order chi connectivity index (χ0) is 18.2. The molecule has 0 aromatic rings. The zero-order valence-corrected chi connectivity index (χ0v) is 19.3. The minimum atomic E-state index is 0. The third-order valence-electron chi connectivity index (χ3n) is 7.07. The summed E-state index contributed by atoms with van der Waals surface area (Å²) in [6.45, 7) is 11.4. The lowest BCUT2D eigenvalue weighted by molar-refractivity contribution is -0.949. The van der Waals surface area contributed by atoms with Crippen LogP contribution in [0.15, 0.2) is 0 Å². The summed E-state index contributed by atoms with van der Waals surface area (Å²) in [4.78, 5) is 0. The van der Waals surface area contributed by atoms with Crippen LogP contribution in [0.25, 0.3) is 0 Å². The van der Waals surface area contributed by atoms with E-state index in [0.29, 0.717) is 0 Å². The third kappa shape index (κ3) is 10.5. The molecule has 1 saturated carbocycles. The van der Waals surface area contributed by atoms with Crippen LogP contribution in [0.1, 0.15) is 130 Å². The van der Waals surface area contributed by atoms with Crippen LogP contribution in [0.2, 0.25) is 0 Å². The fourth-order valence-corrected chi connectivity index (χ4v) is 5.14. The van der Waals surface area contributed by atoms with Gasteiger partial charge < -0.3 is 16.9 Å². The number of rotatable bonds is 16. The van der Waals surface area contributed by atoms with E-state index in [-0.39, 0.29) is 12.4 Å².